The molecule has 0 unspecified atom stereocenters. The second-order valence-corrected chi connectivity index (χ2v) is 5.55. The molecule has 2 nitrogen and oxygen atoms in total. The summed E-state index contributed by atoms with van der Waals surface area (Å²) in [4.78, 5) is 0. The summed E-state index contributed by atoms with van der Waals surface area (Å²) in [7, 11) is 0. The highest BCUT2D eigenvalue weighted by Crippen LogP contribution is 2.38. The molecule has 3 rings (SSSR count). The van der Waals surface area contributed by atoms with Crippen LogP contribution in [0.25, 0.3) is 0 Å². The van der Waals surface area contributed by atoms with E-state index in [4.69, 9.17) is 0 Å². The van der Waals surface area contributed by atoms with E-state index in [1.807, 2.05) is 0 Å². The molecule has 0 amide bonds. The third-order valence-corrected chi connectivity index (χ3v) is 4.05. The molecule has 0 radical (unpaired) electrons. The average Bonchev–Trinajstić information content (AvgIpc) is 2.56. The van der Waals surface area contributed by atoms with Crippen molar-refractivity contribution in [1.82, 2.24) is 5.32 Å². The standard InChI is InChI=1S/C12H15BrN2/c13-10-2-1-9-8-12(15-11(9)7-10)3-5-14-6-4-12/h1-2,7,14-15H,3-6,8H2. The van der Waals surface area contributed by atoms with Crippen LogP contribution in [0.4, 0.5) is 5.69 Å². The highest BCUT2D eigenvalue weighted by Gasteiger charge is 2.37. The van der Waals surface area contributed by atoms with Crippen molar-refractivity contribution in [2.24, 2.45) is 0 Å². The first kappa shape index (κ1) is 9.67. The minimum atomic E-state index is 0.342. The summed E-state index contributed by atoms with van der Waals surface area (Å²) in [6, 6.07) is 6.58. The van der Waals surface area contributed by atoms with Crippen LogP contribution in [0, 0.1) is 0 Å². The zero-order valence-corrected chi connectivity index (χ0v) is 10.2. The first-order chi connectivity index (χ1) is 7.27. The van der Waals surface area contributed by atoms with E-state index in [2.05, 4.69) is 44.8 Å². The van der Waals surface area contributed by atoms with Gasteiger partial charge in [0.05, 0.1) is 0 Å². The van der Waals surface area contributed by atoms with E-state index in [1.54, 1.807) is 0 Å². The summed E-state index contributed by atoms with van der Waals surface area (Å²) in [5.74, 6) is 0. The normalized spacial score (nSPS) is 22.5. The molecule has 2 aliphatic heterocycles. The summed E-state index contributed by atoms with van der Waals surface area (Å²) < 4.78 is 1.17. The lowest BCUT2D eigenvalue weighted by Gasteiger charge is -2.34. The van der Waals surface area contributed by atoms with Gasteiger partial charge in [0.1, 0.15) is 0 Å². The van der Waals surface area contributed by atoms with Crippen LogP contribution in [0.3, 0.4) is 0 Å². The Balaban J connectivity index is 1.90. The van der Waals surface area contributed by atoms with Gasteiger partial charge < -0.3 is 10.6 Å². The van der Waals surface area contributed by atoms with Crippen LogP contribution in [-0.4, -0.2) is 18.6 Å². The molecule has 0 bridgehead atoms. The maximum Gasteiger partial charge on any atom is 0.0439 e. The van der Waals surface area contributed by atoms with Gasteiger partial charge in [-0.3, -0.25) is 0 Å². The molecule has 3 heteroatoms. The monoisotopic (exact) mass is 266 g/mol. The highest BCUT2D eigenvalue weighted by atomic mass is 79.9. The molecule has 2 heterocycles. The van der Waals surface area contributed by atoms with E-state index in [-0.39, 0.29) is 0 Å². The summed E-state index contributed by atoms with van der Waals surface area (Å²) in [5.41, 5.74) is 3.14. The van der Waals surface area contributed by atoms with Gasteiger partial charge in [-0.25, -0.2) is 0 Å². The minimum absolute atomic E-state index is 0.342. The molecular weight excluding hydrogens is 252 g/mol. The lowest BCUT2D eigenvalue weighted by Crippen LogP contribution is -2.46. The number of hydrogen-bond acceptors (Lipinski definition) is 2. The Hall–Kier alpha value is -0.540. The van der Waals surface area contributed by atoms with Gasteiger partial charge in [0.15, 0.2) is 0 Å². The predicted octanol–water partition coefficient (Wildman–Crippen LogP) is 2.54. The molecule has 15 heavy (non-hydrogen) atoms. The molecule has 0 atom stereocenters. The second-order valence-electron chi connectivity index (χ2n) is 4.63. The van der Waals surface area contributed by atoms with Gasteiger partial charge in [-0.15, -0.1) is 0 Å². The van der Waals surface area contributed by atoms with E-state index in [9.17, 15) is 0 Å². The number of rotatable bonds is 0. The molecule has 1 spiro atoms. The topological polar surface area (TPSA) is 24.1 Å². The van der Waals surface area contributed by atoms with E-state index < -0.39 is 0 Å². The number of fused-ring (bicyclic) bond motifs is 1. The van der Waals surface area contributed by atoms with Crippen LogP contribution in [-0.2, 0) is 6.42 Å². The van der Waals surface area contributed by atoms with Crippen molar-refractivity contribution >= 4 is 21.6 Å². The van der Waals surface area contributed by atoms with Gasteiger partial charge in [0.25, 0.3) is 0 Å². The molecule has 2 aliphatic rings. The fraction of sp³-hybridized carbons (Fsp3) is 0.500. The Labute approximate surface area is 98.6 Å². The van der Waals surface area contributed by atoms with Crippen LogP contribution in [0.2, 0.25) is 0 Å². The molecule has 1 aromatic rings. The number of nitrogens with one attached hydrogen (secondary N) is 2. The lowest BCUT2D eigenvalue weighted by molar-refractivity contribution is 0.348. The SMILES string of the molecule is Brc1ccc2c(c1)NC1(CCNCC1)C2. The fourth-order valence-electron chi connectivity index (χ4n) is 2.72. The van der Waals surface area contributed by atoms with Crippen molar-refractivity contribution < 1.29 is 0 Å². The fourth-order valence-corrected chi connectivity index (χ4v) is 3.08. The molecular formula is C12H15BrN2. The predicted molar refractivity (Wildman–Crippen MR) is 66.3 cm³/mol. The van der Waals surface area contributed by atoms with Crippen LogP contribution in [0.1, 0.15) is 18.4 Å². The van der Waals surface area contributed by atoms with Crippen molar-refractivity contribution in [1.29, 1.82) is 0 Å². The van der Waals surface area contributed by atoms with E-state index in [1.165, 1.54) is 35.0 Å². The number of halogens is 1. The Morgan fingerprint density at radius 2 is 2.00 bits per heavy atom. The smallest absolute Gasteiger partial charge is 0.0439 e. The molecule has 1 fully saturated rings. The Bertz CT molecular complexity index is 383. The zero-order chi connectivity index (χ0) is 10.3. The summed E-state index contributed by atoms with van der Waals surface area (Å²) in [6.07, 6.45) is 3.66. The van der Waals surface area contributed by atoms with E-state index in [0.29, 0.717) is 5.54 Å². The third-order valence-electron chi connectivity index (χ3n) is 3.56. The molecule has 0 saturated carbocycles. The largest absolute Gasteiger partial charge is 0.379 e. The number of benzene rings is 1. The van der Waals surface area contributed by atoms with Crippen LogP contribution < -0.4 is 10.6 Å². The van der Waals surface area contributed by atoms with Gasteiger partial charge in [0, 0.05) is 15.7 Å². The van der Waals surface area contributed by atoms with Gasteiger partial charge in [0.2, 0.25) is 0 Å². The van der Waals surface area contributed by atoms with Crippen LogP contribution >= 0.6 is 15.9 Å². The Morgan fingerprint density at radius 1 is 1.20 bits per heavy atom. The molecule has 80 valence electrons. The molecule has 0 aromatic heterocycles. The maximum absolute atomic E-state index is 3.72. The average molecular weight is 267 g/mol. The molecule has 0 aliphatic carbocycles. The van der Waals surface area contributed by atoms with Gasteiger partial charge in [-0.05, 0) is 50.0 Å². The van der Waals surface area contributed by atoms with Crippen molar-refractivity contribution in [3.8, 4) is 0 Å². The van der Waals surface area contributed by atoms with Crippen molar-refractivity contribution in [2.45, 2.75) is 24.8 Å². The minimum Gasteiger partial charge on any atom is -0.379 e. The Kier molecular flexibility index (Phi) is 2.25. The van der Waals surface area contributed by atoms with Crippen LogP contribution in [0.5, 0.6) is 0 Å². The third kappa shape index (κ3) is 1.68. The highest BCUT2D eigenvalue weighted by molar-refractivity contribution is 9.10. The van der Waals surface area contributed by atoms with E-state index in [0.717, 1.165) is 13.1 Å². The van der Waals surface area contributed by atoms with Crippen LogP contribution in [0.15, 0.2) is 22.7 Å². The van der Waals surface area contributed by atoms with Crippen molar-refractivity contribution in [3.63, 3.8) is 0 Å². The molecule has 2 N–H and O–H groups in total. The number of hydrogen-bond donors (Lipinski definition) is 2. The lowest BCUT2D eigenvalue weighted by atomic mass is 9.86. The van der Waals surface area contributed by atoms with E-state index >= 15 is 0 Å². The van der Waals surface area contributed by atoms with Gasteiger partial charge in [-0.1, -0.05) is 22.0 Å². The second kappa shape index (κ2) is 3.49. The number of piperidine rings is 1. The van der Waals surface area contributed by atoms with Crippen molar-refractivity contribution in [3.05, 3.63) is 28.2 Å². The first-order valence-corrected chi connectivity index (χ1v) is 6.34. The Morgan fingerprint density at radius 3 is 2.80 bits per heavy atom. The summed E-state index contributed by atoms with van der Waals surface area (Å²) >= 11 is 3.52. The van der Waals surface area contributed by atoms with Gasteiger partial charge >= 0.3 is 0 Å². The van der Waals surface area contributed by atoms with Gasteiger partial charge in [-0.2, -0.15) is 0 Å². The molecule has 1 saturated heterocycles. The maximum atomic E-state index is 3.72. The number of anilines is 1. The quantitative estimate of drug-likeness (QED) is 0.754. The zero-order valence-electron chi connectivity index (χ0n) is 8.65. The van der Waals surface area contributed by atoms with Crippen molar-refractivity contribution in [2.75, 3.05) is 18.4 Å². The first-order valence-electron chi connectivity index (χ1n) is 5.55. The summed E-state index contributed by atoms with van der Waals surface area (Å²) in [5, 5.41) is 7.15. The molecule has 1 aromatic carbocycles. The summed E-state index contributed by atoms with van der Waals surface area (Å²) in [6.45, 7) is 2.28.